The van der Waals surface area contributed by atoms with Gasteiger partial charge in [0.1, 0.15) is 0 Å². The Labute approximate surface area is 183 Å². The van der Waals surface area contributed by atoms with Crippen molar-refractivity contribution in [3.63, 3.8) is 0 Å². The van der Waals surface area contributed by atoms with Crippen LogP contribution < -0.4 is 0 Å². The van der Waals surface area contributed by atoms with Crippen LogP contribution in [0.25, 0.3) is 21.9 Å². The molecule has 1 atom stereocenters. The largest absolute Gasteiger partial charge is 0.384 e. The Morgan fingerprint density at radius 3 is 2.77 bits per heavy atom. The molecular formula is C23H30N4O3S. The van der Waals surface area contributed by atoms with Gasteiger partial charge >= 0.3 is 0 Å². The van der Waals surface area contributed by atoms with Gasteiger partial charge in [0.15, 0.2) is 5.65 Å². The Bertz CT molecular complexity index is 1170. The maximum absolute atomic E-state index is 13.0. The molecule has 1 saturated heterocycles. The number of ether oxygens (including phenoxy) is 1. The van der Waals surface area contributed by atoms with Crippen LogP contribution in [0.4, 0.5) is 0 Å². The van der Waals surface area contributed by atoms with Crippen LogP contribution in [0.5, 0.6) is 0 Å². The van der Waals surface area contributed by atoms with E-state index in [1.807, 2.05) is 24.7 Å². The molecule has 3 aromatic rings. The predicted octanol–water partition coefficient (Wildman–Crippen LogP) is 3.68. The second-order valence-corrected chi connectivity index (χ2v) is 11.1. The normalized spacial score (nSPS) is 25.5. The smallest absolute Gasteiger partial charge is 0.214 e. The SMILES string of the molecule is COCC1CCN(S(=O)(=O)CC2CCC(c3cc[nH]c4cnc5nccc5c34)CC2)C1. The second kappa shape index (κ2) is 8.48. The monoisotopic (exact) mass is 442 g/mol. The van der Waals surface area contributed by atoms with Crippen molar-refractivity contribution in [3.8, 4) is 0 Å². The van der Waals surface area contributed by atoms with Crippen LogP contribution in [-0.2, 0) is 14.8 Å². The number of methoxy groups -OCH3 is 1. The van der Waals surface area contributed by atoms with Gasteiger partial charge in [-0.1, -0.05) is 0 Å². The summed E-state index contributed by atoms with van der Waals surface area (Å²) in [6.45, 7) is 1.88. The van der Waals surface area contributed by atoms with Crippen LogP contribution in [0.15, 0.2) is 30.7 Å². The van der Waals surface area contributed by atoms with Gasteiger partial charge in [0.05, 0.1) is 24.1 Å². The molecule has 1 saturated carbocycles. The highest BCUT2D eigenvalue weighted by atomic mass is 32.2. The Balaban J connectivity index is 1.28. The number of aromatic amines is 1. The van der Waals surface area contributed by atoms with Gasteiger partial charge in [0, 0.05) is 43.4 Å². The molecule has 1 N–H and O–H groups in total. The molecule has 8 heteroatoms. The molecule has 2 fully saturated rings. The summed E-state index contributed by atoms with van der Waals surface area (Å²) in [5.74, 6) is 1.29. The number of fused-ring (bicyclic) bond motifs is 3. The molecule has 1 aliphatic carbocycles. The molecule has 166 valence electrons. The Kier molecular flexibility index (Phi) is 5.71. The zero-order valence-corrected chi connectivity index (χ0v) is 18.8. The molecule has 0 radical (unpaired) electrons. The average Bonchev–Trinajstić information content (AvgIpc) is 3.44. The number of pyridine rings is 2. The van der Waals surface area contributed by atoms with E-state index < -0.39 is 10.0 Å². The topological polar surface area (TPSA) is 88.2 Å². The number of hydrogen-bond acceptors (Lipinski definition) is 5. The van der Waals surface area contributed by atoms with Crippen molar-refractivity contribution in [2.75, 3.05) is 32.6 Å². The van der Waals surface area contributed by atoms with Gasteiger partial charge in [0.25, 0.3) is 0 Å². The molecule has 0 bridgehead atoms. The molecule has 4 heterocycles. The minimum Gasteiger partial charge on any atom is -0.384 e. The summed E-state index contributed by atoms with van der Waals surface area (Å²) in [5, 5.41) is 2.30. The fourth-order valence-corrected chi connectivity index (χ4v) is 7.45. The zero-order chi connectivity index (χ0) is 21.4. The van der Waals surface area contributed by atoms with Crippen LogP contribution >= 0.6 is 0 Å². The number of hydrogen-bond donors (Lipinski definition) is 1. The predicted molar refractivity (Wildman–Crippen MR) is 121 cm³/mol. The van der Waals surface area contributed by atoms with E-state index >= 15 is 0 Å². The number of rotatable bonds is 6. The van der Waals surface area contributed by atoms with E-state index in [2.05, 4.69) is 21.0 Å². The average molecular weight is 443 g/mol. The molecule has 5 rings (SSSR count). The third kappa shape index (κ3) is 4.08. The van der Waals surface area contributed by atoms with Crippen LogP contribution in [0, 0.1) is 11.8 Å². The number of nitrogens with one attached hydrogen (secondary N) is 1. The van der Waals surface area contributed by atoms with Crippen molar-refractivity contribution in [1.29, 1.82) is 0 Å². The minimum atomic E-state index is -3.19. The van der Waals surface area contributed by atoms with Gasteiger partial charge in [-0.15, -0.1) is 0 Å². The molecule has 2 aliphatic rings. The van der Waals surface area contributed by atoms with Crippen LogP contribution in [0.1, 0.15) is 43.6 Å². The van der Waals surface area contributed by atoms with Crippen molar-refractivity contribution in [3.05, 3.63) is 36.3 Å². The standard InChI is InChI=1S/C23H30N4O3S/c1-30-14-17-8-11-27(13-17)31(28,29)15-16-2-4-18(5-3-16)19-6-9-24-21-12-26-23-20(22(19)21)7-10-25-23/h6-7,9-10,12,16-18,24H,2-5,8,11,13-15H2,1H3. The highest BCUT2D eigenvalue weighted by Gasteiger charge is 2.34. The number of aromatic nitrogens is 3. The number of nitrogens with zero attached hydrogens (tertiary/aromatic N) is 3. The summed E-state index contributed by atoms with van der Waals surface area (Å²) >= 11 is 0. The third-order valence-electron chi connectivity index (χ3n) is 7.10. The van der Waals surface area contributed by atoms with Crippen LogP contribution in [-0.4, -0.2) is 60.2 Å². The molecule has 1 unspecified atom stereocenters. The summed E-state index contributed by atoms with van der Waals surface area (Å²) in [6, 6.07) is 4.21. The first-order chi connectivity index (χ1) is 15.0. The molecule has 3 aromatic heterocycles. The summed E-state index contributed by atoms with van der Waals surface area (Å²) < 4.78 is 32.8. The first-order valence-corrected chi connectivity index (χ1v) is 12.8. The van der Waals surface area contributed by atoms with Crippen LogP contribution in [0.3, 0.4) is 0 Å². The Morgan fingerprint density at radius 2 is 1.97 bits per heavy atom. The van der Waals surface area contributed by atoms with E-state index in [4.69, 9.17) is 4.74 Å². The summed E-state index contributed by atoms with van der Waals surface area (Å²) in [5.41, 5.74) is 3.14. The Hall–Kier alpha value is -2.03. The van der Waals surface area contributed by atoms with E-state index in [0.717, 1.165) is 48.7 Å². The van der Waals surface area contributed by atoms with Gasteiger partial charge in [-0.25, -0.2) is 22.7 Å². The molecule has 0 spiro atoms. The molecule has 1 aliphatic heterocycles. The maximum Gasteiger partial charge on any atom is 0.214 e. The van der Waals surface area contributed by atoms with Crippen molar-refractivity contribution in [2.24, 2.45) is 11.8 Å². The van der Waals surface area contributed by atoms with E-state index in [0.29, 0.717) is 31.5 Å². The molecular weight excluding hydrogens is 412 g/mol. The maximum atomic E-state index is 13.0. The second-order valence-electron chi connectivity index (χ2n) is 9.13. The number of H-pyrrole nitrogens is 1. The molecule has 31 heavy (non-hydrogen) atoms. The van der Waals surface area contributed by atoms with Gasteiger partial charge in [-0.3, -0.25) is 0 Å². The lowest BCUT2D eigenvalue weighted by molar-refractivity contribution is 0.157. The zero-order valence-electron chi connectivity index (χ0n) is 18.0. The van der Waals surface area contributed by atoms with Crippen molar-refractivity contribution >= 4 is 32.0 Å². The van der Waals surface area contributed by atoms with Gasteiger partial charge in [0.2, 0.25) is 10.0 Å². The number of sulfonamides is 1. The van der Waals surface area contributed by atoms with E-state index in [1.54, 1.807) is 11.4 Å². The quantitative estimate of drug-likeness (QED) is 0.629. The highest BCUT2D eigenvalue weighted by molar-refractivity contribution is 7.89. The van der Waals surface area contributed by atoms with Gasteiger partial charge in [-0.2, -0.15) is 0 Å². The highest BCUT2D eigenvalue weighted by Crippen LogP contribution is 2.40. The first kappa shape index (κ1) is 20.8. The lowest BCUT2D eigenvalue weighted by atomic mass is 9.78. The van der Waals surface area contributed by atoms with Crippen molar-refractivity contribution in [1.82, 2.24) is 19.3 Å². The minimum absolute atomic E-state index is 0.242. The van der Waals surface area contributed by atoms with Crippen molar-refractivity contribution < 1.29 is 13.2 Å². The van der Waals surface area contributed by atoms with Gasteiger partial charge in [-0.05, 0) is 67.6 Å². The molecule has 7 nitrogen and oxygen atoms in total. The fourth-order valence-electron chi connectivity index (χ4n) is 5.49. The van der Waals surface area contributed by atoms with Gasteiger partial charge < -0.3 is 9.72 Å². The lowest BCUT2D eigenvalue weighted by Gasteiger charge is -2.30. The lowest BCUT2D eigenvalue weighted by Crippen LogP contribution is -2.34. The summed E-state index contributed by atoms with van der Waals surface area (Å²) in [4.78, 5) is 12.1. The van der Waals surface area contributed by atoms with E-state index in [1.165, 1.54) is 10.9 Å². The van der Waals surface area contributed by atoms with E-state index in [-0.39, 0.29) is 11.7 Å². The third-order valence-corrected chi connectivity index (χ3v) is 9.11. The molecule has 0 aromatic carbocycles. The first-order valence-electron chi connectivity index (χ1n) is 11.2. The summed E-state index contributed by atoms with van der Waals surface area (Å²) in [6.07, 6.45) is 10.5. The summed E-state index contributed by atoms with van der Waals surface area (Å²) in [7, 11) is -1.51. The van der Waals surface area contributed by atoms with Crippen LogP contribution in [0.2, 0.25) is 0 Å². The molecule has 0 amide bonds. The Morgan fingerprint density at radius 1 is 1.13 bits per heavy atom. The van der Waals surface area contributed by atoms with Crippen molar-refractivity contribution in [2.45, 2.75) is 38.0 Å². The fraction of sp³-hybridized carbons (Fsp3) is 0.565. The van der Waals surface area contributed by atoms with E-state index in [9.17, 15) is 8.42 Å².